The maximum absolute atomic E-state index is 12.8. The minimum Gasteiger partial charge on any atom is -0.342 e. The highest BCUT2D eigenvalue weighted by atomic mass is 32.1. The molecule has 2 N–H and O–H groups in total. The second-order valence-corrected chi connectivity index (χ2v) is 9.64. The van der Waals surface area contributed by atoms with Crippen LogP contribution in [0, 0.1) is 0 Å². The van der Waals surface area contributed by atoms with Crippen LogP contribution < -0.4 is 10.6 Å². The quantitative estimate of drug-likeness (QED) is 0.453. The number of hydrogen-bond acceptors (Lipinski definition) is 7. The Morgan fingerprint density at radius 1 is 1.15 bits per heavy atom. The van der Waals surface area contributed by atoms with E-state index >= 15 is 0 Å². The fourth-order valence-electron chi connectivity index (χ4n) is 3.70. The van der Waals surface area contributed by atoms with Crippen molar-refractivity contribution in [1.29, 1.82) is 0 Å². The van der Waals surface area contributed by atoms with Gasteiger partial charge in [0.2, 0.25) is 0 Å². The van der Waals surface area contributed by atoms with Crippen LogP contribution in [0.25, 0.3) is 11.0 Å². The van der Waals surface area contributed by atoms with Crippen LogP contribution in [0.2, 0.25) is 0 Å². The van der Waals surface area contributed by atoms with Gasteiger partial charge in [-0.15, -0.1) is 11.3 Å². The zero-order valence-electron chi connectivity index (χ0n) is 18.5. The van der Waals surface area contributed by atoms with Gasteiger partial charge >= 0.3 is 0 Å². The van der Waals surface area contributed by atoms with E-state index in [0.717, 1.165) is 5.69 Å². The molecule has 0 aliphatic heterocycles. The molecule has 1 saturated carbocycles. The molecule has 1 atom stereocenters. The molecule has 1 aliphatic carbocycles. The largest absolute Gasteiger partial charge is 0.342 e. The summed E-state index contributed by atoms with van der Waals surface area (Å²) in [6, 6.07) is 7.60. The molecule has 0 bridgehead atoms. The van der Waals surface area contributed by atoms with Gasteiger partial charge in [-0.05, 0) is 42.9 Å². The van der Waals surface area contributed by atoms with Crippen molar-refractivity contribution >= 4 is 39.9 Å². The molecule has 0 spiro atoms. The monoisotopic (exact) mass is 461 g/mol. The van der Waals surface area contributed by atoms with Gasteiger partial charge in [0.05, 0.1) is 23.8 Å². The molecular weight excluding hydrogens is 438 g/mol. The first-order valence-corrected chi connectivity index (χ1v) is 11.5. The summed E-state index contributed by atoms with van der Waals surface area (Å²) in [5.74, 6) is -0.572. The maximum atomic E-state index is 12.8. The number of nitrogens with one attached hydrogen (secondary N) is 2. The van der Waals surface area contributed by atoms with Crippen molar-refractivity contribution in [2.75, 3.05) is 5.32 Å². The van der Waals surface area contributed by atoms with Gasteiger partial charge in [0.1, 0.15) is 21.9 Å². The summed E-state index contributed by atoms with van der Waals surface area (Å²) < 4.78 is 1.59. The lowest BCUT2D eigenvalue weighted by molar-refractivity contribution is 0.0936. The summed E-state index contributed by atoms with van der Waals surface area (Å²) in [6.45, 7) is 4.06. The Labute approximate surface area is 194 Å². The number of fused-ring (bicyclic) bond motifs is 1. The van der Waals surface area contributed by atoms with E-state index in [2.05, 4.69) is 43.7 Å². The predicted octanol–water partition coefficient (Wildman–Crippen LogP) is 3.61. The number of aryl methyl sites for hydroxylation is 1. The first kappa shape index (κ1) is 21.2. The number of rotatable bonds is 6. The lowest BCUT2D eigenvalue weighted by Crippen LogP contribution is -2.27. The Hall–Kier alpha value is -3.66. The maximum Gasteiger partial charge on any atom is 0.271 e. The zero-order chi connectivity index (χ0) is 23.2. The van der Waals surface area contributed by atoms with E-state index in [0.29, 0.717) is 20.9 Å². The fraction of sp³-hybridized carbons (Fsp3) is 0.304. The number of benzene rings is 1. The molecule has 5 rings (SSSR count). The summed E-state index contributed by atoms with van der Waals surface area (Å²) in [5.41, 5.74) is 3.08. The van der Waals surface area contributed by atoms with E-state index in [1.54, 1.807) is 17.9 Å². The van der Waals surface area contributed by atoms with Crippen molar-refractivity contribution in [2.24, 2.45) is 7.05 Å². The van der Waals surface area contributed by atoms with Crippen LogP contribution in [0.4, 0.5) is 5.69 Å². The molecule has 3 heterocycles. The highest BCUT2D eigenvalue weighted by molar-refractivity contribution is 7.13. The normalized spacial score (nSPS) is 15.2. The Balaban J connectivity index is 1.27. The molecule has 1 aromatic carbocycles. The van der Waals surface area contributed by atoms with Crippen molar-refractivity contribution in [3.8, 4) is 0 Å². The number of hydrogen-bond donors (Lipinski definition) is 2. The minimum atomic E-state index is -0.399. The van der Waals surface area contributed by atoms with Crippen molar-refractivity contribution in [3.05, 3.63) is 64.1 Å². The van der Waals surface area contributed by atoms with Gasteiger partial charge in [-0.25, -0.2) is 15.0 Å². The van der Waals surface area contributed by atoms with Gasteiger partial charge in [-0.2, -0.15) is 5.10 Å². The lowest BCUT2D eigenvalue weighted by Gasteiger charge is -2.11. The van der Waals surface area contributed by atoms with Gasteiger partial charge < -0.3 is 10.6 Å². The second kappa shape index (κ2) is 8.04. The van der Waals surface area contributed by atoms with Gasteiger partial charge in [-0.1, -0.05) is 19.1 Å². The summed E-state index contributed by atoms with van der Waals surface area (Å²) in [5, 5.41) is 11.2. The number of nitrogens with zero attached hydrogens (tertiary/aromatic N) is 5. The molecule has 1 aliphatic rings. The molecule has 1 fully saturated rings. The molecule has 1 unspecified atom stereocenters. The lowest BCUT2D eigenvalue weighted by atomic mass is 9.98. The Morgan fingerprint density at radius 3 is 2.76 bits per heavy atom. The van der Waals surface area contributed by atoms with Crippen LogP contribution in [0.5, 0.6) is 0 Å². The summed E-state index contributed by atoms with van der Waals surface area (Å²) in [4.78, 5) is 38.7. The first-order chi connectivity index (χ1) is 15.8. The Bertz CT molecular complexity index is 1370. The van der Waals surface area contributed by atoms with Crippen molar-refractivity contribution in [1.82, 2.24) is 30.0 Å². The van der Waals surface area contributed by atoms with Crippen LogP contribution in [-0.4, -0.2) is 36.5 Å². The van der Waals surface area contributed by atoms with Crippen LogP contribution >= 0.6 is 11.3 Å². The van der Waals surface area contributed by atoms with Crippen LogP contribution in [-0.2, 0) is 12.5 Å². The van der Waals surface area contributed by atoms with E-state index in [1.165, 1.54) is 42.3 Å². The Kier molecular flexibility index (Phi) is 5.16. The van der Waals surface area contributed by atoms with Crippen LogP contribution in [0.3, 0.4) is 0 Å². The number of carbonyl (C=O) groups excluding carboxylic acids is 2. The van der Waals surface area contributed by atoms with E-state index in [-0.39, 0.29) is 22.9 Å². The van der Waals surface area contributed by atoms with E-state index < -0.39 is 6.04 Å². The van der Waals surface area contributed by atoms with Crippen molar-refractivity contribution in [3.63, 3.8) is 0 Å². The van der Waals surface area contributed by atoms with Gasteiger partial charge in [0, 0.05) is 12.7 Å². The average Bonchev–Trinajstić information content (AvgIpc) is 3.21. The number of anilines is 1. The third-order valence-electron chi connectivity index (χ3n) is 6.03. The standard InChI is InChI=1S/C23H23N7O2S/c1-13(28-21(32)18-16-10-27-30(3)19(16)26-12-25-18)22-24-11-17(33-22)20(31)29-15-6-4-5-14(9-15)23(2)7-8-23/h4-6,9-13H,7-8H2,1-3H3,(H,28,32)(H,29,31). The highest BCUT2D eigenvalue weighted by Crippen LogP contribution is 2.47. The summed E-state index contributed by atoms with van der Waals surface area (Å²) >= 11 is 1.25. The number of thiazole rings is 1. The third kappa shape index (κ3) is 4.09. The molecule has 0 radical (unpaired) electrons. The van der Waals surface area contributed by atoms with E-state index in [1.807, 2.05) is 25.1 Å². The van der Waals surface area contributed by atoms with Crippen molar-refractivity contribution < 1.29 is 9.59 Å². The van der Waals surface area contributed by atoms with Gasteiger partial charge in [0.25, 0.3) is 11.8 Å². The number of aromatic nitrogens is 5. The molecule has 2 amide bonds. The number of amides is 2. The molecule has 3 aromatic heterocycles. The fourth-order valence-corrected chi connectivity index (χ4v) is 4.52. The molecule has 0 saturated heterocycles. The van der Waals surface area contributed by atoms with Gasteiger partial charge in [-0.3, -0.25) is 14.3 Å². The first-order valence-electron chi connectivity index (χ1n) is 10.7. The smallest absolute Gasteiger partial charge is 0.271 e. The molecule has 9 nitrogen and oxygen atoms in total. The third-order valence-corrected chi connectivity index (χ3v) is 7.21. The Morgan fingerprint density at radius 2 is 1.97 bits per heavy atom. The average molecular weight is 462 g/mol. The molecule has 10 heteroatoms. The predicted molar refractivity (Wildman–Crippen MR) is 125 cm³/mol. The minimum absolute atomic E-state index is 0.219. The molecule has 4 aromatic rings. The van der Waals surface area contributed by atoms with Crippen LogP contribution in [0.15, 0.2) is 43.0 Å². The summed E-state index contributed by atoms with van der Waals surface area (Å²) in [7, 11) is 1.75. The topological polar surface area (TPSA) is 115 Å². The molecule has 168 valence electrons. The zero-order valence-corrected chi connectivity index (χ0v) is 19.3. The molecule has 33 heavy (non-hydrogen) atoms. The van der Waals surface area contributed by atoms with Crippen LogP contribution in [0.1, 0.15) is 63.5 Å². The van der Waals surface area contributed by atoms with E-state index in [9.17, 15) is 9.59 Å². The SMILES string of the molecule is CC(NC(=O)c1ncnc2c1cnn2C)c1ncc(C(=O)Nc2cccc(C3(C)CC3)c2)s1. The summed E-state index contributed by atoms with van der Waals surface area (Å²) in [6.07, 6.45) is 6.79. The highest BCUT2D eigenvalue weighted by Gasteiger charge is 2.39. The van der Waals surface area contributed by atoms with Gasteiger partial charge in [0.15, 0.2) is 5.65 Å². The van der Waals surface area contributed by atoms with E-state index in [4.69, 9.17) is 0 Å². The number of carbonyl (C=O) groups is 2. The van der Waals surface area contributed by atoms with Crippen molar-refractivity contribution in [2.45, 2.75) is 38.1 Å². The molecular formula is C23H23N7O2S. The second-order valence-electron chi connectivity index (χ2n) is 8.58.